The average molecular weight is 185 g/mol. The molecular weight excluding hydrogens is 171 g/mol. The van der Waals surface area contributed by atoms with Crippen molar-refractivity contribution in [2.75, 3.05) is 0 Å². The molecule has 0 saturated carbocycles. The second kappa shape index (κ2) is 5.98. The molecule has 62 valence electrons. The van der Waals surface area contributed by atoms with Gasteiger partial charge in [-0.15, -0.1) is 24.8 Å². The Morgan fingerprint density at radius 3 is 1.40 bits per heavy atom. The highest BCUT2D eigenvalue weighted by molar-refractivity contribution is 5.85. The van der Waals surface area contributed by atoms with Crippen molar-refractivity contribution >= 4 is 24.8 Å². The first-order valence-corrected chi connectivity index (χ1v) is 2.97. The van der Waals surface area contributed by atoms with Crippen molar-refractivity contribution in [3.05, 3.63) is 12.2 Å². The summed E-state index contributed by atoms with van der Waals surface area (Å²) >= 11 is 0. The summed E-state index contributed by atoms with van der Waals surface area (Å²) in [6.45, 7) is 0. The van der Waals surface area contributed by atoms with E-state index in [9.17, 15) is 0 Å². The maximum Gasteiger partial charge on any atom is 0.0230 e. The molecule has 2 atom stereocenters. The highest BCUT2D eigenvalue weighted by Gasteiger charge is 2.12. The van der Waals surface area contributed by atoms with E-state index in [4.69, 9.17) is 11.5 Å². The van der Waals surface area contributed by atoms with Crippen molar-refractivity contribution in [2.24, 2.45) is 11.5 Å². The van der Waals surface area contributed by atoms with Gasteiger partial charge in [0.25, 0.3) is 0 Å². The summed E-state index contributed by atoms with van der Waals surface area (Å²) in [5.74, 6) is 0. The van der Waals surface area contributed by atoms with Crippen molar-refractivity contribution in [1.82, 2.24) is 0 Å². The number of halogens is 2. The highest BCUT2D eigenvalue weighted by atomic mass is 35.5. The van der Waals surface area contributed by atoms with Gasteiger partial charge in [0.15, 0.2) is 0 Å². The zero-order valence-corrected chi connectivity index (χ0v) is 7.33. The largest absolute Gasteiger partial charge is 0.326 e. The fraction of sp³-hybridized carbons (Fsp3) is 0.667. The van der Waals surface area contributed by atoms with E-state index in [1.807, 2.05) is 0 Å². The minimum absolute atomic E-state index is 0. The van der Waals surface area contributed by atoms with Crippen LogP contribution >= 0.6 is 24.8 Å². The Morgan fingerprint density at radius 1 is 0.900 bits per heavy atom. The zero-order valence-electron chi connectivity index (χ0n) is 5.69. The molecule has 0 spiro atoms. The summed E-state index contributed by atoms with van der Waals surface area (Å²) in [5.41, 5.74) is 11.2. The maximum atomic E-state index is 5.60. The van der Waals surface area contributed by atoms with Crippen LogP contribution in [0, 0.1) is 0 Å². The van der Waals surface area contributed by atoms with E-state index >= 15 is 0 Å². The third kappa shape index (κ3) is 3.42. The molecule has 0 amide bonds. The van der Waals surface area contributed by atoms with Gasteiger partial charge >= 0.3 is 0 Å². The minimum atomic E-state index is 0. The molecule has 1 aliphatic rings. The molecule has 0 radical (unpaired) electrons. The molecule has 0 saturated heterocycles. The van der Waals surface area contributed by atoms with Crippen LogP contribution in [0.2, 0.25) is 0 Å². The van der Waals surface area contributed by atoms with E-state index in [0.29, 0.717) is 0 Å². The average Bonchev–Trinajstić information content (AvgIpc) is 1.77. The first kappa shape index (κ1) is 12.9. The van der Waals surface area contributed by atoms with Crippen LogP contribution in [-0.4, -0.2) is 12.1 Å². The number of hydrogen-bond acceptors (Lipinski definition) is 2. The lowest BCUT2D eigenvalue weighted by Gasteiger charge is -2.19. The molecule has 1 aliphatic carbocycles. The lowest BCUT2D eigenvalue weighted by Crippen LogP contribution is -2.41. The van der Waals surface area contributed by atoms with Crippen molar-refractivity contribution < 1.29 is 0 Å². The van der Waals surface area contributed by atoms with Crippen molar-refractivity contribution in [1.29, 1.82) is 0 Å². The van der Waals surface area contributed by atoms with Crippen molar-refractivity contribution in [3.8, 4) is 0 Å². The topological polar surface area (TPSA) is 52.0 Å². The van der Waals surface area contributed by atoms with Gasteiger partial charge in [0, 0.05) is 12.1 Å². The molecule has 1 rings (SSSR count). The summed E-state index contributed by atoms with van der Waals surface area (Å²) in [6, 6.07) is 0.389. The van der Waals surface area contributed by atoms with Gasteiger partial charge in [-0.2, -0.15) is 0 Å². The van der Waals surface area contributed by atoms with Crippen LogP contribution in [-0.2, 0) is 0 Å². The standard InChI is InChI=1S/C6H12N2.2ClH/c7-5-3-1-2-4-6(5)8;;/h1-2,5-6H,3-4,7-8H2;2*1H/t5-,6-;;/m1../s1. The van der Waals surface area contributed by atoms with Crippen LogP contribution in [0.15, 0.2) is 12.2 Å². The van der Waals surface area contributed by atoms with E-state index in [1.165, 1.54) is 0 Å². The van der Waals surface area contributed by atoms with Gasteiger partial charge in [0.1, 0.15) is 0 Å². The Kier molecular flexibility index (Phi) is 7.70. The molecule has 0 aromatic heterocycles. The number of nitrogens with two attached hydrogens (primary N) is 2. The van der Waals surface area contributed by atoms with E-state index in [0.717, 1.165) is 12.8 Å². The van der Waals surface area contributed by atoms with E-state index in [2.05, 4.69) is 12.2 Å². The van der Waals surface area contributed by atoms with Gasteiger partial charge in [0.05, 0.1) is 0 Å². The van der Waals surface area contributed by atoms with Crippen LogP contribution in [0.5, 0.6) is 0 Å². The monoisotopic (exact) mass is 184 g/mol. The zero-order chi connectivity index (χ0) is 5.98. The highest BCUT2D eigenvalue weighted by Crippen LogP contribution is 2.06. The fourth-order valence-corrected chi connectivity index (χ4v) is 0.856. The maximum absolute atomic E-state index is 5.60. The second-order valence-corrected chi connectivity index (χ2v) is 2.27. The Balaban J connectivity index is 0. The second-order valence-electron chi connectivity index (χ2n) is 2.27. The van der Waals surface area contributed by atoms with Crippen LogP contribution in [0.3, 0.4) is 0 Å². The molecule has 0 aromatic carbocycles. The lowest BCUT2D eigenvalue weighted by molar-refractivity contribution is 0.516. The van der Waals surface area contributed by atoms with Gasteiger partial charge in [0.2, 0.25) is 0 Å². The van der Waals surface area contributed by atoms with Crippen LogP contribution in [0.1, 0.15) is 12.8 Å². The lowest BCUT2D eigenvalue weighted by atomic mass is 9.98. The third-order valence-corrected chi connectivity index (χ3v) is 1.53. The van der Waals surface area contributed by atoms with Gasteiger partial charge in [-0.1, -0.05) is 12.2 Å². The summed E-state index contributed by atoms with van der Waals surface area (Å²) in [5, 5.41) is 0. The van der Waals surface area contributed by atoms with Crippen molar-refractivity contribution in [3.63, 3.8) is 0 Å². The molecule has 4 N–H and O–H groups in total. The Bertz CT molecular complexity index is 93.9. The quantitative estimate of drug-likeness (QED) is 0.549. The molecule has 4 heteroatoms. The smallest absolute Gasteiger partial charge is 0.0230 e. The van der Waals surface area contributed by atoms with Crippen LogP contribution in [0.4, 0.5) is 0 Å². The minimum Gasteiger partial charge on any atom is -0.326 e. The first-order chi connectivity index (χ1) is 3.80. The van der Waals surface area contributed by atoms with E-state index < -0.39 is 0 Å². The summed E-state index contributed by atoms with van der Waals surface area (Å²) in [6.07, 6.45) is 6.07. The molecule has 0 unspecified atom stereocenters. The Labute approximate surface area is 73.9 Å². The molecule has 0 bridgehead atoms. The van der Waals surface area contributed by atoms with Crippen LogP contribution in [0.25, 0.3) is 0 Å². The number of rotatable bonds is 0. The Morgan fingerprint density at radius 2 is 1.20 bits per heavy atom. The number of hydrogen-bond donors (Lipinski definition) is 2. The third-order valence-electron chi connectivity index (χ3n) is 1.53. The molecule has 0 heterocycles. The summed E-state index contributed by atoms with van der Waals surface area (Å²) in [7, 11) is 0. The molecule has 0 aliphatic heterocycles. The molecule has 2 nitrogen and oxygen atoms in total. The Hall–Kier alpha value is 0.240. The van der Waals surface area contributed by atoms with Crippen LogP contribution < -0.4 is 11.5 Å². The van der Waals surface area contributed by atoms with E-state index in [-0.39, 0.29) is 36.9 Å². The van der Waals surface area contributed by atoms with E-state index in [1.54, 1.807) is 0 Å². The van der Waals surface area contributed by atoms with Gasteiger partial charge < -0.3 is 11.5 Å². The molecule has 0 fully saturated rings. The molecular formula is C6H14Cl2N2. The molecule has 10 heavy (non-hydrogen) atoms. The van der Waals surface area contributed by atoms with Gasteiger partial charge in [-0.25, -0.2) is 0 Å². The predicted molar refractivity (Wildman–Crippen MR) is 48.8 cm³/mol. The molecule has 0 aromatic rings. The summed E-state index contributed by atoms with van der Waals surface area (Å²) in [4.78, 5) is 0. The van der Waals surface area contributed by atoms with Gasteiger partial charge in [-0.05, 0) is 12.8 Å². The van der Waals surface area contributed by atoms with Gasteiger partial charge in [-0.3, -0.25) is 0 Å². The SMILES string of the molecule is Cl.Cl.N[C@@H]1CC=CC[C@H]1N. The first-order valence-electron chi connectivity index (χ1n) is 2.97. The van der Waals surface area contributed by atoms with Crippen molar-refractivity contribution in [2.45, 2.75) is 24.9 Å². The predicted octanol–water partition coefficient (Wildman–Crippen LogP) is 0.835. The normalized spacial score (nSPS) is 30.2. The summed E-state index contributed by atoms with van der Waals surface area (Å²) < 4.78 is 0. The fourth-order valence-electron chi connectivity index (χ4n) is 0.856.